The molecule has 1 saturated heterocycles. The molecule has 7 nitrogen and oxygen atoms in total. The van der Waals surface area contributed by atoms with Gasteiger partial charge in [0.05, 0.1) is 16.4 Å². The number of hydrogen-bond donors (Lipinski definition) is 0. The van der Waals surface area contributed by atoms with Crippen molar-refractivity contribution in [2.75, 3.05) is 13.1 Å². The lowest BCUT2D eigenvalue weighted by Gasteiger charge is -2.30. The first kappa shape index (κ1) is 16.8. The average Bonchev–Trinajstić information content (AvgIpc) is 3.37. The van der Waals surface area contributed by atoms with E-state index in [0.29, 0.717) is 5.92 Å². The van der Waals surface area contributed by atoms with Crippen molar-refractivity contribution in [2.24, 2.45) is 0 Å². The summed E-state index contributed by atoms with van der Waals surface area (Å²) in [6, 6.07) is 2.14. The van der Waals surface area contributed by atoms with E-state index in [9.17, 15) is 4.79 Å². The van der Waals surface area contributed by atoms with E-state index in [1.54, 1.807) is 0 Å². The molecular weight excluding hydrogens is 360 g/mol. The minimum absolute atomic E-state index is 0.110. The number of thiazole rings is 1. The summed E-state index contributed by atoms with van der Waals surface area (Å²) in [5, 5.41) is 14.6. The number of carbonyl (C=O) groups is 1. The third kappa shape index (κ3) is 2.82. The largest absolute Gasteiger partial charge is 0.338 e. The third-order valence-corrected chi connectivity index (χ3v) is 6.75. The zero-order valence-electron chi connectivity index (χ0n) is 15.6. The van der Waals surface area contributed by atoms with Gasteiger partial charge in [0.15, 0.2) is 11.5 Å². The van der Waals surface area contributed by atoms with Crippen LogP contribution in [-0.4, -0.2) is 48.7 Å². The van der Waals surface area contributed by atoms with Crippen LogP contribution in [0.5, 0.6) is 0 Å². The topological polar surface area (TPSA) is 76.3 Å². The number of carbonyl (C=O) groups excluding carboxylic acids is 1. The zero-order valence-corrected chi connectivity index (χ0v) is 16.4. The number of aromatic nitrogens is 5. The fraction of sp³-hybridized carbons (Fsp3) is 0.526. The molecule has 4 heterocycles. The summed E-state index contributed by atoms with van der Waals surface area (Å²) >= 11 is 1.49. The fourth-order valence-corrected chi connectivity index (χ4v) is 5.15. The summed E-state index contributed by atoms with van der Waals surface area (Å²) in [7, 11) is 0. The number of amides is 1. The normalized spacial score (nSPS) is 17.6. The minimum atomic E-state index is 0.110. The predicted molar refractivity (Wildman–Crippen MR) is 102 cm³/mol. The van der Waals surface area contributed by atoms with Gasteiger partial charge >= 0.3 is 0 Å². The van der Waals surface area contributed by atoms with Gasteiger partial charge in [0.25, 0.3) is 5.91 Å². The van der Waals surface area contributed by atoms with Crippen molar-refractivity contribution >= 4 is 22.9 Å². The van der Waals surface area contributed by atoms with Gasteiger partial charge in [-0.3, -0.25) is 4.79 Å². The summed E-state index contributed by atoms with van der Waals surface area (Å²) in [6.07, 6.45) is 5.10. The summed E-state index contributed by atoms with van der Waals surface area (Å²) in [5.74, 6) is 1.34. The van der Waals surface area contributed by atoms with Crippen LogP contribution in [0.3, 0.4) is 0 Å². The van der Waals surface area contributed by atoms with Crippen LogP contribution in [0.2, 0.25) is 0 Å². The number of aryl methyl sites for hydroxylation is 4. The second-order valence-electron chi connectivity index (χ2n) is 7.51. The summed E-state index contributed by atoms with van der Waals surface area (Å²) in [5.41, 5.74) is 4.19. The van der Waals surface area contributed by atoms with Crippen molar-refractivity contribution in [3.63, 3.8) is 0 Å². The molecule has 0 unspecified atom stereocenters. The monoisotopic (exact) mass is 382 g/mol. The van der Waals surface area contributed by atoms with Crippen molar-refractivity contribution in [1.82, 2.24) is 29.7 Å². The molecule has 5 rings (SSSR count). The highest BCUT2D eigenvalue weighted by Gasteiger charge is 2.29. The van der Waals surface area contributed by atoms with Gasteiger partial charge in [0, 0.05) is 19.0 Å². The number of likely N-dealkylation sites (tertiary alicyclic amines) is 1. The molecule has 0 bridgehead atoms. The molecule has 1 fully saturated rings. The molecule has 1 aliphatic carbocycles. The quantitative estimate of drug-likeness (QED) is 0.681. The maximum Gasteiger partial charge on any atom is 0.265 e. The van der Waals surface area contributed by atoms with E-state index in [1.807, 2.05) is 23.3 Å². The van der Waals surface area contributed by atoms with Crippen molar-refractivity contribution in [2.45, 2.75) is 51.9 Å². The molecule has 0 aromatic carbocycles. The summed E-state index contributed by atoms with van der Waals surface area (Å²) in [4.78, 5) is 19.9. The molecule has 1 amide bonds. The Morgan fingerprint density at radius 1 is 1.19 bits per heavy atom. The molecule has 0 N–H and O–H groups in total. The molecule has 0 saturated carbocycles. The number of fused-ring (bicyclic) bond motifs is 2. The SMILES string of the molecule is Cc1nc(C)c(C(=O)N2CCC(c3nnc4cc5c(nn34)CCC5)CC2)s1. The Hall–Kier alpha value is -2.35. The Kier molecular flexibility index (Phi) is 3.96. The van der Waals surface area contributed by atoms with Crippen LogP contribution in [0.4, 0.5) is 0 Å². The molecule has 27 heavy (non-hydrogen) atoms. The van der Waals surface area contributed by atoms with Crippen molar-refractivity contribution in [3.05, 3.63) is 38.7 Å². The minimum Gasteiger partial charge on any atom is -0.338 e. The molecule has 8 heteroatoms. The predicted octanol–water partition coefficient (Wildman–Crippen LogP) is 2.71. The lowest BCUT2D eigenvalue weighted by molar-refractivity contribution is 0.0714. The van der Waals surface area contributed by atoms with E-state index in [4.69, 9.17) is 5.10 Å². The molecular formula is C19H22N6OS. The lowest BCUT2D eigenvalue weighted by Crippen LogP contribution is -2.38. The molecule has 3 aromatic heterocycles. The first-order chi connectivity index (χ1) is 13.1. The molecule has 0 atom stereocenters. The molecule has 0 spiro atoms. The molecule has 1 aliphatic heterocycles. The first-order valence-corrected chi connectivity index (χ1v) is 10.4. The maximum atomic E-state index is 12.8. The lowest BCUT2D eigenvalue weighted by atomic mass is 9.96. The van der Waals surface area contributed by atoms with Gasteiger partial charge in [-0.1, -0.05) is 0 Å². The number of nitrogens with zero attached hydrogens (tertiary/aromatic N) is 6. The van der Waals surface area contributed by atoms with E-state index in [1.165, 1.54) is 29.0 Å². The van der Waals surface area contributed by atoms with E-state index in [2.05, 4.69) is 21.2 Å². The highest BCUT2D eigenvalue weighted by Crippen LogP contribution is 2.30. The van der Waals surface area contributed by atoms with Gasteiger partial charge in [-0.15, -0.1) is 21.5 Å². The number of piperidine rings is 1. The van der Waals surface area contributed by atoms with Crippen molar-refractivity contribution < 1.29 is 4.79 Å². The van der Waals surface area contributed by atoms with Gasteiger partial charge in [-0.2, -0.15) is 9.61 Å². The average molecular weight is 382 g/mol. The van der Waals surface area contributed by atoms with Crippen LogP contribution in [0.1, 0.15) is 62.6 Å². The van der Waals surface area contributed by atoms with Gasteiger partial charge in [0.2, 0.25) is 0 Å². The van der Waals surface area contributed by atoms with Crippen molar-refractivity contribution in [1.29, 1.82) is 0 Å². The standard InChI is InChI=1S/C19H22N6OS/c1-11-17(27-12(2)20-11)19(26)24-8-6-13(7-9-24)18-22-21-16-10-14-4-3-5-15(14)23-25(16)18/h10,13H,3-9H2,1-2H3. The highest BCUT2D eigenvalue weighted by atomic mass is 32.1. The van der Waals surface area contributed by atoms with E-state index in [-0.39, 0.29) is 5.91 Å². The fourth-order valence-electron chi connectivity index (χ4n) is 4.26. The van der Waals surface area contributed by atoms with E-state index < -0.39 is 0 Å². The Balaban J connectivity index is 1.34. The van der Waals surface area contributed by atoms with Crippen LogP contribution >= 0.6 is 11.3 Å². The third-order valence-electron chi connectivity index (χ3n) is 5.69. The Labute approximate surface area is 161 Å². The van der Waals surface area contributed by atoms with E-state index in [0.717, 1.165) is 65.8 Å². The second kappa shape index (κ2) is 6.37. The van der Waals surface area contributed by atoms with Gasteiger partial charge in [-0.25, -0.2) is 4.98 Å². The first-order valence-electron chi connectivity index (χ1n) is 9.57. The van der Waals surface area contributed by atoms with Crippen LogP contribution in [0.25, 0.3) is 5.65 Å². The number of rotatable bonds is 2. The van der Waals surface area contributed by atoms with Crippen molar-refractivity contribution in [3.8, 4) is 0 Å². The van der Waals surface area contributed by atoms with Gasteiger partial charge < -0.3 is 4.90 Å². The maximum absolute atomic E-state index is 12.8. The molecule has 3 aromatic rings. The number of hydrogen-bond acceptors (Lipinski definition) is 6. The van der Waals surface area contributed by atoms with Crippen LogP contribution < -0.4 is 0 Å². The smallest absolute Gasteiger partial charge is 0.265 e. The Bertz CT molecular complexity index is 1030. The summed E-state index contributed by atoms with van der Waals surface area (Å²) < 4.78 is 1.93. The molecule has 2 aliphatic rings. The Morgan fingerprint density at radius 3 is 2.74 bits per heavy atom. The second-order valence-corrected chi connectivity index (χ2v) is 8.72. The molecule has 0 radical (unpaired) electrons. The summed E-state index contributed by atoms with van der Waals surface area (Å²) in [6.45, 7) is 5.33. The zero-order chi connectivity index (χ0) is 18.5. The molecule has 140 valence electrons. The Morgan fingerprint density at radius 2 is 2.00 bits per heavy atom. The van der Waals surface area contributed by atoms with Gasteiger partial charge in [-0.05, 0) is 57.6 Å². The van der Waals surface area contributed by atoms with Gasteiger partial charge in [0.1, 0.15) is 4.88 Å². The van der Waals surface area contributed by atoms with Crippen LogP contribution in [-0.2, 0) is 12.8 Å². The van der Waals surface area contributed by atoms with E-state index >= 15 is 0 Å². The highest BCUT2D eigenvalue weighted by molar-refractivity contribution is 7.13. The van der Waals surface area contributed by atoms with Crippen LogP contribution in [0.15, 0.2) is 6.07 Å². The van der Waals surface area contributed by atoms with Crippen LogP contribution in [0, 0.1) is 13.8 Å².